The van der Waals surface area contributed by atoms with Gasteiger partial charge < -0.3 is 15.0 Å². The van der Waals surface area contributed by atoms with Crippen LogP contribution in [0.4, 0.5) is 5.82 Å². The van der Waals surface area contributed by atoms with Crippen LogP contribution in [0.25, 0.3) is 16.8 Å². The number of amides is 1. The Morgan fingerprint density at radius 2 is 2.09 bits per heavy atom. The number of anilines is 1. The molecule has 1 atom stereocenters. The first kappa shape index (κ1) is 22.2. The lowest BCUT2D eigenvalue weighted by molar-refractivity contribution is -0.125. The highest BCUT2D eigenvalue weighted by Crippen LogP contribution is 2.29. The molecule has 2 aromatic heterocycles. The van der Waals surface area contributed by atoms with E-state index in [4.69, 9.17) is 21.4 Å². The average molecular weight is 476 g/mol. The molecule has 0 spiro atoms. The lowest BCUT2D eigenvalue weighted by atomic mass is 9.97. The second kappa shape index (κ2) is 9.73. The molecule has 0 radical (unpaired) electrons. The van der Waals surface area contributed by atoms with Crippen molar-refractivity contribution in [2.45, 2.75) is 19.4 Å². The van der Waals surface area contributed by atoms with Gasteiger partial charge in [-0.2, -0.15) is 5.10 Å². The number of nitrogens with zero attached hydrogens (tertiary/aromatic N) is 4. The fourth-order valence-electron chi connectivity index (χ4n) is 4.44. The topological polar surface area (TPSA) is 71.8 Å². The molecule has 1 amide bonds. The van der Waals surface area contributed by atoms with E-state index < -0.39 is 0 Å². The Hall–Kier alpha value is -3.58. The maximum Gasteiger partial charge on any atom is 0.225 e. The van der Waals surface area contributed by atoms with E-state index in [1.54, 1.807) is 13.3 Å². The molecule has 1 aliphatic rings. The lowest BCUT2D eigenvalue weighted by Gasteiger charge is -2.33. The summed E-state index contributed by atoms with van der Waals surface area (Å²) < 4.78 is 7.11. The minimum Gasteiger partial charge on any atom is -0.497 e. The van der Waals surface area contributed by atoms with Crippen LogP contribution >= 0.6 is 11.6 Å². The normalized spacial score (nSPS) is 15.9. The van der Waals surface area contributed by atoms with Crippen molar-refractivity contribution in [3.63, 3.8) is 0 Å². The van der Waals surface area contributed by atoms with Crippen molar-refractivity contribution in [1.29, 1.82) is 0 Å². The van der Waals surface area contributed by atoms with Crippen LogP contribution in [-0.4, -0.2) is 40.7 Å². The van der Waals surface area contributed by atoms with Crippen molar-refractivity contribution in [2.24, 2.45) is 5.92 Å². The summed E-state index contributed by atoms with van der Waals surface area (Å²) in [7, 11) is 1.64. The minimum absolute atomic E-state index is 0.0626. The standard InChI is InChI=1S/C26H26ClN5O2/c1-34-22-9-2-5-18(13-22)16-29-26(33)20-7-4-11-31(17-20)25-24-15-23(30-32(24)12-10-28-25)19-6-3-8-21(27)14-19/h2-3,5-6,8-10,12-15,20H,4,7,11,16-17H2,1H3,(H,29,33). The quantitative estimate of drug-likeness (QED) is 0.441. The van der Waals surface area contributed by atoms with Crippen molar-refractivity contribution in [3.05, 3.63) is 77.6 Å². The van der Waals surface area contributed by atoms with Gasteiger partial charge >= 0.3 is 0 Å². The van der Waals surface area contributed by atoms with E-state index in [1.165, 1.54) is 0 Å². The van der Waals surface area contributed by atoms with Crippen LogP contribution in [0, 0.1) is 5.92 Å². The minimum atomic E-state index is -0.100. The fraction of sp³-hybridized carbons (Fsp3) is 0.269. The third-order valence-electron chi connectivity index (χ3n) is 6.18. The van der Waals surface area contributed by atoms with Gasteiger partial charge in [0.2, 0.25) is 5.91 Å². The first-order valence-electron chi connectivity index (χ1n) is 11.4. The smallest absolute Gasteiger partial charge is 0.225 e. The number of piperidine rings is 1. The molecule has 1 unspecified atom stereocenters. The fourth-order valence-corrected chi connectivity index (χ4v) is 4.63. The third-order valence-corrected chi connectivity index (χ3v) is 6.42. The monoisotopic (exact) mass is 475 g/mol. The summed E-state index contributed by atoms with van der Waals surface area (Å²) in [5.74, 6) is 1.59. The number of fused-ring (bicyclic) bond motifs is 1. The second-order valence-electron chi connectivity index (χ2n) is 8.48. The Morgan fingerprint density at radius 3 is 2.94 bits per heavy atom. The molecule has 1 N–H and O–H groups in total. The van der Waals surface area contributed by atoms with Gasteiger partial charge in [0.1, 0.15) is 11.3 Å². The number of nitrogens with one attached hydrogen (secondary N) is 1. The van der Waals surface area contributed by atoms with Crippen molar-refractivity contribution < 1.29 is 9.53 Å². The SMILES string of the molecule is COc1cccc(CNC(=O)C2CCCN(c3nccn4nc(-c5cccc(Cl)c5)cc34)C2)c1. The molecule has 8 heteroatoms. The van der Waals surface area contributed by atoms with Gasteiger partial charge in [-0.3, -0.25) is 4.79 Å². The number of aromatic nitrogens is 3. The zero-order valence-electron chi connectivity index (χ0n) is 18.9. The van der Waals surface area contributed by atoms with Crippen molar-refractivity contribution in [1.82, 2.24) is 19.9 Å². The highest BCUT2D eigenvalue weighted by molar-refractivity contribution is 6.30. The van der Waals surface area contributed by atoms with Gasteiger partial charge in [-0.15, -0.1) is 0 Å². The maximum absolute atomic E-state index is 13.0. The number of carbonyl (C=O) groups is 1. The van der Waals surface area contributed by atoms with Crippen molar-refractivity contribution in [3.8, 4) is 17.0 Å². The molecule has 1 fully saturated rings. The summed E-state index contributed by atoms with van der Waals surface area (Å²) in [6.45, 7) is 1.95. The van der Waals surface area contributed by atoms with Gasteiger partial charge in [-0.25, -0.2) is 9.50 Å². The molecule has 174 valence electrons. The van der Waals surface area contributed by atoms with E-state index in [-0.39, 0.29) is 11.8 Å². The van der Waals surface area contributed by atoms with Gasteiger partial charge in [-0.1, -0.05) is 35.9 Å². The average Bonchev–Trinajstić information content (AvgIpc) is 3.32. The molecule has 3 heterocycles. The Balaban J connectivity index is 1.32. The van der Waals surface area contributed by atoms with Gasteiger partial charge in [0.15, 0.2) is 5.82 Å². The molecule has 1 aliphatic heterocycles. The zero-order chi connectivity index (χ0) is 23.5. The molecule has 4 aromatic rings. The van der Waals surface area contributed by atoms with E-state index in [0.29, 0.717) is 18.1 Å². The predicted octanol–water partition coefficient (Wildman–Crippen LogP) is 4.59. The van der Waals surface area contributed by atoms with Crippen LogP contribution in [-0.2, 0) is 11.3 Å². The number of hydrogen-bond acceptors (Lipinski definition) is 5. The van der Waals surface area contributed by atoms with Crippen LogP contribution in [0.15, 0.2) is 67.0 Å². The van der Waals surface area contributed by atoms with Gasteiger partial charge in [0, 0.05) is 42.6 Å². The molecule has 1 saturated heterocycles. The van der Waals surface area contributed by atoms with Crippen LogP contribution in [0.2, 0.25) is 5.02 Å². The van der Waals surface area contributed by atoms with Crippen LogP contribution in [0.1, 0.15) is 18.4 Å². The molecular weight excluding hydrogens is 450 g/mol. The second-order valence-corrected chi connectivity index (χ2v) is 8.91. The van der Waals surface area contributed by atoms with Gasteiger partial charge in [0.05, 0.1) is 18.7 Å². The molecule has 7 nitrogen and oxygen atoms in total. The van der Waals surface area contributed by atoms with E-state index in [2.05, 4.69) is 15.2 Å². The van der Waals surface area contributed by atoms with Crippen LogP contribution < -0.4 is 15.0 Å². The first-order chi connectivity index (χ1) is 16.6. The van der Waals surface area contributed by atoms with Crippen molar-refractivity contribution >= 4 is 28.8 Å². The summed E-state index contributed by atoms with van der Waals surface area (Å²) in [5.41, 5.74) is 3.71. The number of ether oxygens (including phenoxy) is 1. The molecule has 2 aromatic carbocycles. The summed E-state index contributed by atoms with van der Waals surface area (Å²) in [5, 5.41) is 8.47. The van der Waals surface area contributed by atoms with Crippen LogP contribution in [0.5, 0.6) is 5.75 Å². The first-order valence-corrected chi connectivity index (χ1v) is 11.7. The highest BCUT2D eigenvalue weighted by Gasteiger charge is 2.27. The van der Waals surface area contributed by atoms with Crippen LogP contribution in [0.3, 0.4) is 0 Å². The Kier molecular flexibility index (Phi) is 6.36. The van der Waals surface area contributed by atoms with Gasteiger partial charge in [0.25, 0.3) is 0 Å². The number of rotatable bonds is 6. The zero-order valence-corrected chi connectivity index (χ0v) is 19.7. The third kappa shape index (κ3) is 4.70. The van der Waals surface area contributed by atoms with E-state index in [9.17, 15) is 4.79 Å². The van der Waals surface area contributed by atoms with E-state index >= 15 is 0 Å². The largest absolute Gasteiger partial charge is 0.497 e. The number of methoxy groups -OCH3 is 1. The summed E-state index contributed by atoms with van der Waals surface area (Å²) in [6, 6.07) is 17.4. The number of hydrogen-bond donors (Lipinski definition) is 1. The number of halogens is 1. The Labute approximate surface area is 203 Å². The predicted molar refractivity (Wildman–Crippen MR) is 133 cm³/mol. The molecule has 0 saturated carbocycles. The summed E-state index contributed by atoms with van der Waals surface area (Å²) >= 11 is 6.17. The van der Waals surface area contributed by atoms with Gasteiger partial charge in [-0.05, 0) is 48.7 Å². The number of carbonyl (C=O) groups excluding carboxylic acids is 1. The van der Waals surface area contributed by atoms with E-state index in [1.807, 2.05) is 65.3 Å². The Bertz CT molecular complexity index is 1320. The highest BCUT2D eigenvalue weighted by atomic mass is 35.5. The molecule has 0 aliphatic carbocycles. The summed E-state index contributed by atoms with van der Waals surface area (Å²) in [6.07, 6.45) is 5.38. The van der Waals surface area contributed by atoms with Crippen molar-refractivity contribution in [2.75, 3.05) is 25.1 Å². The molecular formula is C26H26ClN5O2. The number of benzene rings is 2. The lowest BCUT2D eigenvalue weighted by Crippen LogP contribution is -2.43. The van der Waals surface area contributed by atoms with E-state index in [0.717, 1.165) is 53.3 Å². The molecule has 5 rings (SSSR count). The molecule has 0 bridgehead atoms. The molecule has 34 heavy (non-hydrogen) atoms. The Morgan fingerprint density at radius 1 is 1.21 bits per heavy atom. The summed E-state index contributed by atoms with van der Waals surface area (Å²) in [4.78, 5) is 19.8. The maximum atomic E-state index is 13.0.